The molecular formula is C43H27ClN4S. The van der Waals surface area contributed by atoms with Crippen molar-refractivity contribution in [3.63, 3.8) is 0 Å². The molecule has 7 aromatic carbocycles. The van der Waals surface area contributed by atoms with Gasteiger partial charge in [0.15, 0.2) is 11.6 Å². The van der Waals surface area contributed by atoms with E-state index in [0.717, 1.165) is 43.8 Å². The van der Waals surface area contributed by atoms with Gasteiger partial charge in [-0.1, -0.05) is 127 Å². The minimum Gasteiger partial charge on any atom is -0.310 e. The number of hydrogen-bond donors (Lipinski definition) is 0. The van der Waals surface area contributed by atoms with Gasteiger partial charge in [0.1, 0.15) is 0 Å². The topological polar surface area (TPSA) is 41.9 Å². The van der Waals surface area contributed by atoms with Crippen LogP contribution < -0.4 is 4.90 Å². The first kappa shape index (κ1) is 29.3. The van der Waals surface area contributed by atoms with Gasteiger partial charge in [0.05, 0.1) is 5.69 Å². The molecule has 0 atom stereocenters. The lowest BCUT2D eigenvalue weighted by Crippen LogP contribution is -2.10. The van der Waals surface area contributed by atoms with Gasteiger partial charge in [0.25, 0.3) is 0 Å². The summed E-state index contributed by atoms with van der Waals surface area (Å²) < 4.78 is 2.33. The highest BCUT2D eigenvalue weighted by molar-refractivity contribution is 7.26. The normalized spacial score (nSPS) is 11.4. The Morgan fingerprint density at radius 2 is 1.02 bits per heavy atom. The van der Waals surface area contributed by atoms with Crippen molar-refractivity contribution in [2.75, 3.05) is 4.90 Å². The van der Waals surface area contributed by atoms with Crippen molar-refractivity contribution < 1.29 is 0 Å². The van der Waals surface area contributed by atoms with E-state index in [4.69, 9.17) is 16.6 Å². The minimum atomic E-state index is 0.175. The van der Waals surface area contributed by atoms with E-state index in [2.05, 4.69) is 148 Å². The average Bonchev–Trinajstić information content (AvgIpc) is 3.55. The summed E-state index contributed by atoms with van der Waals surface area (Å²) >= 11 is 8.25. The van der Waals surface area contributed by atoms with Crippen molar-refractivity contribution in [3.05, 3.63) is 169 Å². The number of benzene rings is 7. The van der Waals surface area contributed by atoms with Gasteiger partial charge in [0.2, 0.25) is 5.28 Å². The summed E-state index contributed by atoms with van der Waals surface area (Å²) in [5, 5.41) is 4.94. The zero-order valence-corrected chi connectivity index (χ0v) is 27.7. The second kappa shape index (κ2) is 12.3. The first-order valence-electron chi connectivity index (χ1n) is 16.1. The molecule has 6 heteroatoms. The Bertz CT molecular complexity index is 2630. The van der Waals surface area contributed by atoms with Crippen LogP contribution >= 0.6 is 22.9 Å². The first-order chi connectivity index (χ1) is 24.2. The van der Waals surface area contributed by atoms with Crippen LogP contribution in [0.5, 0.6) is 0 Å². The standard InChI is InChI=1S/C43H27ClN4S/c44-43-46-41(29-14-3-1-4-15-29)45-42(47-43)37-25-12-24-36-35-23-11-22-34(39(35)49-40(36)37)30-17-9-20-32(27-30)48(31-18-5-2-6-19-31)38-26-10-16-28-13-7-8-21-33(28)38/h1-27H. The lowest BCUT2D eigenvalue weighted by atomic mass is 10.0. The maximum absolute atomic E-state index is 6.48. The van der Waals surface area contributed by atoms with Gasteiger partial charge in [-0.05, 0) is 64.5 Å². The summed E-state index contributed by atoms with van der Waals surface area (Å²) in [6.45, 7) is 0. The van der Waals surface area contributed by atoms with Crippen LogP contribution in [0.4, 0.5) is 17.1 Å². The molecule has 0 amide bonds. The fourth-order valence-electron chi connectivity index (χ4n) is 6.63. The van der Waals surface area contributed by atoms with E-state index < -0.39 is 0 Å². The molecule has 0 fully saturated rings. The van der Waals surface area contributed by atoms with Gasteiger partial charge in [-0.25, -0.2) is 4.98 Å². The van der Waals surface area contributed by atoms with Crippen LogP contribution in [0.1, 0.15) is 0 Å². The van der Waals surface area contributed by atoms with Gasteiger partial charge in [0, 0.05) is 48.1 Å². The number of para-hydroxylation sites is 1. The van der Waals surface area contributed by atoms with Crippen LogP contribution in [0, 0.1) is 0 Å². The largest absolute Gasteiger partial charge is 0.310 e. The second-order valence-corrected chi connectivity index (χ2v) is 13.2. The molecule has 0 saturated carbocycles. The van der Waals surface area contributed by atoms with Crippen LogP contribution in [0.15, 0.2) is 164 Å². The molecule has 2 heterocycles. The van der Waals surface area contributed by atoms with E-state index in [0.29, 0.717) is 11.6 Å². The molecule has 232 valence electrons. The van der Waals surface area contributed by atoms with Crippen molar-refractivity contribution in [1.82, 2.24) is 15.0 Å². The summed E-state index contributed by atoms with van der Waals surface area (Å²) in [7, 11) is 0. The Labute approximate surface area is 292 Å². The molecule has 0 aliphatic carbocycles. The predicted molar refractivity (Wildman–Crippen MR) is 206 cm³/mol. The second-order valence-electron chi connectivity index (χ2n) is 11.8. The average molecular weight is 667 g/mol. The van der Waals surface area contributed by atoms with Crippen LogP contribution in [0.25, 0.3) is 64.8 Å². The lowest BCUT2D eigenvalue weighted by molar-refractivity contribution is 1.07. The number of anilines is 3. The molecule has 0 N–H and O–H groups in total. The fraction of sp³-hybridized carbons (Fsp3) is 0. The SMILES string of the molecule is Clc1nc(-c2ccccc2)nc(-c2cccc3c2sc2c(-c4cccc(N(c5ccccc5)c5cccc6ccccc56)c4)cccc23)n1. The third-order valence-corrected chi connectivity index (χ3v) is 10.3. The Morgan fingerprint density at radius 1 is 0.449 bits per heavy atom. The van der Waals surface area contributed by atoms with Crippen molar-refractivity contribution in [2.24, 2.45) is 0 Å². The van der Waals surface area contributed by atoms with E-state index in [1.54, 1.807) is 11.3 Å². The Balaban J connectivity index is 1.20. The Morgan fingerprint density at radius 3 is 1.84 bits per heavy atom. The van der Waals surface area contributed by atoms with Crippen LogP contribution in [0.3, 0.4) is 0 Å². The van der Waals surface area contributed by atoms with E-state index in [9.17, 15) is 0 Å². The molecule has 0 unspecified atom stereocenters. The number of halogens is 1. The predicted octanol–water partition coefficient (Wildman–Crippen LogP) is 12.5. The number of thiophene rings is 1. The number of aromatic nitrogens is 3. The van der Waals surface area contributed by atoms with Gasteiger partial charge in [-0.2, -0.15) is 9.97 Å². The molecular weight excluding hydrogens is 640 g/mol. The lowest BCUT2D eigenvalue weighted by Gasteiger charge is -2.27. The van der Waals surface area contributed by atoms with E-state index in [-0.39, 0.29) is 5.28 Å². The van der Waals surface area contributed by atoms with Crippen LogP contribution in [-0.4, -0.2) is 15.0 Å². The smallest absolute Gasteiger partial charge is 0.226 e. The number of nitrogens with zero attached hydrogens (tertiary/aromatic N) is 4. The summed E-state index contributed by atoms with van der Waals surface area (Å²) in [4.78, 5) is 16.2. The number of hydrogen-bond acceptors (Lipinski definition) is 5. The third-order valence-electron chi connectivity index (χ3n) is 8.84. The van der Waals surface area contributed by atoms with Crippen molar-refractivity contribution in [3.8, 4) is 33.9 Å². The fourth-order valence-corrected chi connectivity index (χ4v) is 8.14. The molecule has 0 saturated heterocycles. The van der Waals surface area contributed by atoms with Gasteiger partial charge >= 0.3 is 0 Å². The number of fused-ring (bicyclic) bond motifs is 4. The third kappa shape index (κ3) is 5.30. The molecule has 0 aliphatic rings. The molecule has 2 aromatic heterocycles. The summed E-state index contributed by atoms with van der Waals surface area (Å²) in [5.74, 6) is 1.12. The summed E-state index contributed by atoms with van der Waals surface area (Å²) in [6, 6.07) is 57.2. The van der Waals surface area contributed by atoms with Crippen molar-refractivity contribution in [1.29, 1.82) is 0 Å². The maximum atomic E-state index is 6.48. The van der Waals surface area contributed by atoms with Crippen molar-refractivity contribution in [2.45, 2.75) is 0 Å². The molecule has 49 heavy (non-hydrogen) atoms. The quantitative estimate of drug-likeness (QED) is 0.177. The highest BCUT2D eigenvalue weighted by atomic mass is 35.5. The monoisotopic (exact) mass is 666 g/mol. The minimum absolute atomic E-state index is 0.175. The Kier molecular flexibility index (Phi) is 7.34. The highest BCUT2D eigenvalue weighted by Crippen LogP contribution is 2.45. The van der Waals surface area contributed by atoms with Crippen LogP contribution in [-0.2, 0) is 0 Å². The molecule has 9 aromatic rings. The van der Waals surface area contributed by atoms with E-state index in [1.165, 1.54) is 26.4 Å². The summed E-state index contributed by atoms with van der Waals surface area (Å²) in [5.41, 5.74) is 7.48. The van der Waals surface area contributed by atoms with Gasteiger partial charge < -0.3 is 4.90 Å². The van der Waals surface area contributed by atoms with Gasteiger partial charge in [-0.15, -0.1) is 11.3 Å². The molecule has 9 rings (SSSR count). The Hall–Kier alpha value is -5.88. The molecule has 4 nitrogen and oxygen atoms in total. The molecule has 0 spiro atoms. The zero-order valence-electron chi connectivity index (χ0n) is 26.2. The highest BCUT2D eigenvalue weighted by Gasteiger charge is 2.19. The maximum Gasteiger partial charge on any atom is 0.226 e. The van der Waals surface area contributed by atoms with E-state index in [1.807, 2.05) is 30.3 Å². The van der Waals surface area contributed by atoms with Crippen LogP contribution in [0.2, 0.25) is 5.28 Å². The van der Waals surface area contributed by atoms with Crippen molar-refractivity contribution >= 4 is 70.9 Å². The molecule has 0 bridgehead atoms. The van der Waals surface area contributed by atoms with Gasteiger partial charge in [-0.3, -0.25) is 0 Å². The van der Waals surface area contributed by atoms with E-state index >= 15 is 0 Å². The zero-order chi connectivity index (χ0) is 32.7. The molecule has 0 aliphatic heterocycles. The number of rotatable bonds is 6. The first-order valence-corrected chi connectivity index (χ1v) is 17.3. The summed E-state index contributed by atoms with van der Waals surface area (Å²) in [6.07, 6.45) is 0. The molecule has 0 radical (unpaired) electrons.